The average molecular weight is 530 g/mol. The predicted molar refractivity (Wildman–Crippen MR) is 150 cm³/mol. The van der Waals surface area contributed by atoms with Crippen LogP contribution in [0, 0.1) is 19.7 Å². The number of nitrogens with zero attached hydrogens (tertiary/aromatic N) is 3. The molecule has 0 spiro atoms. The fourth-order valence-electron chi connectivity index (χ4n) is 5.06. The number of amides is 1. The van der Waals surface area contributed by atoms with Gasteiger partial charge in [-0.2, -0.15) is 0 Å². The molecule has 38 heavy (non-hydrogen) atoms. The Morgan fingerprint density at radius 1 is 1.08 bits per heavy atom. The van der Waals surface area contributed by atoms with Crippen molar-refractivity contribution >= 4 is 34.6 Å². The van der Waals surface area contributed by atoms with Gasteiger partial charge in [0, 0.05) is 41.8 Å². The Hall–Kier alpha value is -4.08. The van der Waals surface area contributed by atoms with Crippen molar-refractivity contribution in [2.45, 2.75) is 25.9 Å². The number of hydrogen-bond donors (Lipinski definition) is 2. The van der Waals surface area contributed by atoms with Crippen LogP contribution < -0.4 is 15.5 Å². The van der Waals surface area contributed by atoms with E-state index in [-0.39, 0.29) is 30.4 Å². The summed E-state index contributed by atoms with van der Waals surface area (Å²) in [5, 5.41) is 6.88. The van der Waals surface area contributed by atoms with Crippen LogP contribution in [-0.2, 0) is 9.53 Å². The molecular formula is C29H28FN5O2S. The topological polar surface area (TPSA) is 71.4 Å². The lowest BCUT2D eigenvalue weighted by Crippen LogP contribution is -2.29. The van der Waals surface area contributed by atoms with E-state index >= 15 is 0 Å². The molecule has 0 radical (unpaired) electrons. The van der Waals surface area contributed by atoms with Crippen molar-refractivity contribution in [3.63, 3.8) is 0 Å². The summed E-state index contributed by atoms with van der Waals surface area (Å²) in [5.41, 5.74) is 6.43. The van der Waals surface area contributed by atoms with Gasteiger partial charge in [0.25, 0.3) is 0 Å². The molecule has 1 aliphatic heterocycles. The maximum atomic E-state index is 13.6. The number of benzene rings is 2. The van der Waals surface area contributed by atoms with Gasteiger partial charge in [0.05, 0.1) is 17.8 Å². The van der Waals surface area contributed by atoms with Gasteiger partial charge in [0.15, 0.2) is 5.11 Å². The maximum Gasteiger partial charge on any atom is 0.250 e. The van der Waals surface area contributed by atoms with Crippen LogP contribution in [0.2, 0.25) is 0 Å². The lowest BCUT2D eigenvalue weighted by Gasteiger charge is -2.28. The summed E-state index contributed by atoms with van der Waals surface area (Å²) in [6, 6.07) is 21.6. The number of ether oxygens (including phenoxy) is 1. The van der Waals surface area contributed by atoms with Gasteiger partial charge in [-0.1, -0.05) is 6.07 Å². The third-order valence-electron chi connectivity index (χ3n) is 6.68. The number of anilines is 2. The Bertz CT molecular complexity index is 1460. The van der Waals surface area contributed by atoms with Crippen LogP contribution >= 0.6 is 12.2 Å². The molecule has 194 valence electrons. The van der Waals surface area contributed by atoms with Crippen molar-refractivity contribution < 1.29 is 13.9 Å². The number of aryl methyl sites for hydroxylation is 1. The van der Waals surface area contributed by atoms with Gasteiger partial charge in [0.2, 0.25) is 5.91 Å². The predicted octanol–water partition coefficient (Wildman–Crippen LogP) is 5.39. The maximum absolute atomic E-state index is 13.6. The molecule has 4 aromatic rings. The molecule has 2 atom stereocenters. The second kappa shape index (κ2) is 10.7. The number of hydrogen-bond acceptors (Lipinski definition) is 4. The summed E-state index contributed by atoms with van der Waals surface area (Å²) in [6.45, 7) is 4.09. The van der Waals surface area contributed by atoms with E-state index in [0.717, 1.165) is 34.0 Å². The van der Waals surface area contributed by atoms with Gasteiger partial charge in [-0.25, -0.2) is 4.39 Å². The fraction of sp³-hybridized carbons (Fsp3) is 0.207. The third kappa shape index (κ3) is 4.90. The minimum atomic E-state index is -0.273. The minimum absolute atomic E-state index is 0.0145. The highest BCUT2D eigenvalue weighted by Gasteiger charge is 2.42. The first-order chi connectivity index (χ1) is 18.4. The first kappa shape index (κ1) is 25.6. The second-order valence-electron chi connectivity index (χ2n) is 9.16. The Morgan fingerprint density at radius 3 is 2.45 bits per heavy atom. The third-order valence-corrected chi connectivity index (χ3v) is 6.99. The largest absolute Gasteiger partial charge is 0.375 e. The molecule has 1 aliphatic rings. The smallest absolute Gasteiger partial charge is 0.250 e. The summed E-state index contributed by atoms with van der Waals surface area (Å²) < 4.78 is 20.7. The summed E-state index contributed by atoms with van der Waals surface area (Å²) in [6.07, 6.45) is 1.78. The Labute approximate surface area is 226 Å². The van der Waals surface area contributed by atoms with E-state index in [4.69, 9.17) is 17.0 Å². The average Bonchev–Trinajstić information content (AvgIpc) is 3.41. The van der Waals surface area contributed by atoms with Crippen molar-refractivity contribution in [1.82, 2.24) is 14.9 Å². The number of pyridine rings is 1. The van der Waals surface area contributed by atoms with Gasteiger partial charge >= 0.3 is 0 Å². The molecule has 2 aromatic carbocycles. The molecule has 0 unspecified atom stereocenters. The van der Waals surface area contributed by atoms with Crippen LogP contribution in [0.3, 0.4) is 0 Å². The number of methoxy groups -OCH3 is 1. The highest BCUT2D eigenvalue weighted by atomic mass is 32.1. The number of halogens is 1. The van der Waals surface area contributed by atoms with E-state index in [9.17, 15) is 9.18 Å². The minimum Gasteiger partial charge on any atom is -0.375 e. The number of nitrogens with one attached hydrogen (secondary N) is 2. The van der Waals surface area contributed by atoms with Crippen LogP contribution in [0.5, 0.6) is 0 Å². The monoisotopic (exact) mass is 529 g/mol. The van der Waals surface area contributed by atoms with Gasteiger partial charge < -0.3 is 24.8 Å². The van der Waals surface area contributed by atoms with Crippen molar-refractivity contribution in [3.05, 3.63) is 107 Å². The SMILES string of the molecule is COCC(=O)Nc1ccc(N2C(=S)N[C@@H](c3ccccn3)[C@H]2c2cc(C)n(-c3ccc(F)cc3)c2C)cc1. The van der Waals surface area contributed by atoms with E-state index < -0.39 is 0 Å². The zero-order chi connectivity index (χ0) is 26.8. The molecule has 0 saturated carbocycles. The summed E-state index contributed by atoms with van der Waals surface area (Å²) >= 11 is 5.86. The Balaban J connectivity index is 1.57. The van der Waals surface area contributed by atoms with Gasteiger partial charge in [0.1, 0.15) is 12.4 Å². The van der Waals surface area contributed by atoms with E-state index in [1.807, 2.05) is 49.4 Å². The molecule has 9 heteroatoms. The molecule has 1 saturated heterocycles. The normalized spacial score (nSPS) is 16.9. The van der Waals surface area contributed by atoms with Crippen molar-refractivity contribution in [1.29, 1.82) is 0 Å². The zero-order valence-corrected chi connectivity index (χ0v) is 22.1. The first-order valence-corrected chi connectivity index (χ1v) is 12.6. The molecule has 2 aromatic heterocycles. The lowest BCUT2D eigenvalue weighted by molar-refractivity contribution is -0.119. The second-order valence-corrected chi connectivity index (χ2v) is 9.55. The molecule has 0 bridgehead atoms. The number of carbonyl (C=O) groups excluding carboxylic acids is 1. The quantitative estimate of drug-likeness (QED) is 0.313. The van der Waals surface area contributed by atoms with Crippen molar-refractivity contribution in [2.24, 2.45) is 0 Å². The number of carbonyl (C=O) groups is 1. The Kier molecular flexibility index (Phi) is 7.22. The van der Waals surface area contributed by atoms with Crippen LogP contribution in [0.1, 0.15) is 34.7 Å². The van der Waals surface area contributed by atoms with Crippen LogP contribution in [0.25, 0.3) is 5.69 Å². The molecule has 1 fully saturated rings. The number of aromatic nitrogens is 2. The number of rotatable bonds is 7. The molecular weight excluding hydrogens is 501 g/mol. The molecule has 1 amide bonds. The van der Waals surface area contributed by atoms with E-state index in [2.05, 4.69) is 38.1 Å². The van der Waals surface area contributed by atoms with E-state index in [1.165, 1.54) is 19.2 Å². The van der Waals surface area contributed by atoms with Crippen LogP contribution in [-0.4, -0.2) is 34.3 Å². The summed E-state index contributed by atoms with van der Waals surface area (Å²) in [4.78, 5) is 18.7. The summed E-state index contributed by atoms with van der Waals surface area (Å²) in [5.74, 6) is -0.495. The molecule has 3 heterocycles. The molecule has 7 nitrogen and oxygen atoms in total. The van der Waals surface area contributed by atoms with E-state index in [0.29, 0.717) is 10.8 Å². The highest BCUT2D eigenvalue weighted by molar-refractivity contribution is 7.80. The Morgan fingerprint density at radius 2 is 1.79 bits per heavy atom. The fourth-order valence-corrected chi connectivity index (χ4v) is 5.40. The lowest BCUT2D eigenvalue weighted by atomic mass is 9.96. The zero-order valence-electron chi connectivity index (χ0n) is 21.3. The van der Waals surface area contributed by atoms with E-state index in [1.54, 1.807) is 18.3 Å². The van der Waals surface area contributed by atoms with Crippen LogP contribution in [0.15, 0.2) is 79.0 Å². The number of thiocarbonyl (C=S) groups is 1. The summed E-state index contributed by atoms with van der Waals surface area (Å²) in [7, 11) is 1.48. The standard InChI is InChI=1S/C29H28FN5O2S/c1-18-16-24(19(2)34(18)22-11-7-20(30)8-12-22)28-27(25-6-4-5-15-31-25)33-29(38)35(28)23-13-9-21(10-14-23)32-26(36)17-37-3/h4-16,27-28H,17H2,1-3H3,(H,32,36)(H,33,38)/t27-,28+/m0/s1. The van der Waals surface area contributed by atoms with Crippen LogP contribution in [0.4, 0.5) is 15.8 Å². The van der Waals surface area contributed by atoms with Crippen molar-refractivity contribution in [3.8, 4) is 5.69 Å². The first-order valence-electron chi connectivity index (χ1n) is 12.2. The van der Waals surface area contributed by atoms with Crippen molar-refractivity contribution in [2.75, 3.05) is 23.9 Å². The molecule has 2 N–H and O–H groups in total. The molecule has 0 aliphatic carbocycles. The van der Waals surface area contributed by atoms with Gasteiger partial charge in [-0.05, 0) is 98.4 Å². The highest BCUT2D eigenvalue weighted by Crippen LogP contribution is 2.43. The molecule has 5 rings (SSSR count). The van der Waals surface area contributed by atoms with Gasteiger partial charge in [-0.3, -0.25) is 9.78 Å². The van der Waals surface area contributed by atoms with Gasteiger partial charge in [-0.15, -0.1) is 0 Å².